The first-order chi connectivity index (χ1) is 10.2. The number of aromatic nitrogens is 2. The van der Waals surface area contributed by atoms with Gasteiger partial charge in [0.1, 0.15) is 0 Å². The van der Waals surface area contributed by atoms with E-state index in [0.29, 0.717) is 12.5 Å². The van der Waals surface area contributed by atoms with Crippen molar-refractivity contribution < 1.29 is 4.79 Å². The second-order valence-electron chi connectivity index (χ2n) is 5.59. The Morgan fingerprint density at radius 3 is 2.95 bits per heavy atom. The summed E-state index contributed by atoms with van der Waals surface area (Å²) < 4.78 is 1.85. The number of carbonyl (C=O) groups excluding carboxylic acids is 1. The Balaban J connectivity index is 1.74. The normalized spacial score (nSPS) is 21.4. The van der Waals surface area contributed by atoms with E-state index in [2.05, 4.69) is 22.7 Å². The molecule has 21 heavy (non-hydrogen) atoms. The molecule has 1 fully saturated rings. The highest BCUT2D eigenvalue weighted by Gasteiger charge is 2.29. The lowest BCUT2D eigenvalue weighted by atomic mass is 9.97. The highest BCUT2D eigenvalue weighted by atomic mass is 16.1. The molecular weight excluding hydrogens is 264 g/mol. The van der Waals surface area contributed by atoms with Gasteiger partial charge in [0, 0.05) is 24.6 Å². The molecule has 2 aromatic rings. The number of rotatable bonds is 4. The number of nitrogens with one attached hydrogen (secondary N) is 2. The molecule has 2 heterocycles. The van der Waals surface area contributed by atoms with Crippen LogP contribution in [0, 0.1) is 11.8 Å². The first kappa shape index (κ1) is 13.8. The number of benzene rings is 1. The molecule has 2 atom stereocenters. The van der Waals surface area contributed by atoms with Crippen LogP contribution in [-0.4, -0.2) is 28.8 Å². The van der Waals surface area contributed by atoms with Crippen LogP contribution in [0.4, 0.5) is 5.69 Å². The highest BCUT2D eigenvalue weighted by Crippen LogP contribution is 2.21. The molecule has 0 radical (unpaired) electrons. The fourth-order valence-electron chi connectivity index (χ4n) is 2.74. The van der Waals surface area contributed by atoms with Crippen LogP contribution in [0.1, 0.15) is 12.5 Å². The summed E-state index contributed by atoms with van der Waals surface area (Å²) in [5.74, 6) is 0.520. The van der Waals surface area contributed by atoms with Crippen molar-refractivity contribution in [3.8, 4) is 0 Å². The van der Waals surface area contributed by atoms with Crippen LogP contribution < -0.4 is 10.6 Å². The third-order valence-corrected chi connectivity index (χ3v) is 4.02. The number of anilines is 1. The Morgan fingerprint density at radius 1 is 1.38 bits per heavy atom. The van der Waals surface area contributed by atoms with Crippen molar-refractivity contribution in [3.63, 3.8) is 0 Å². The van der Waals surface area contributed by atoms with Crippen molar-refractivity contribution in [2.24, 2.45) is 11.8 Å². The molecular formula is C16H20N4O. The summed E-state index contributed by atoms with van der Waals surface area (Å²) in [7, 11) is 0. The molecule has 3 rings (SSSR count). The molecule has 5 heteroatoms. The molecule has 2 unspecified atom stereocenters. The molecule has 0 bridgehead atoms. The Kier molecular flexibility index (Phi) is 4.01. The van der Waals surface area contributed by atoms with Crippen molar-refractivity contribution in [2.45, 2.75) is 13.5 Å². The molecule has 1 aliphatic rings. The smallest absolute Gasteiger partial charge is 0.229 e. The lowest BCUT2D eigenvalue weighted by Gasteiger charge is -2.16. The van der Waals surface area contributed by atoms with Crippen molar-refractivity contribution >= 4 is 11.6 Å². The molecule has 0 aliphatic carbocycles. The van der Waals surface area contributed by atoms with E-state index in [-0.39, 0.29) is 11.8 Å². The van der Waals surface area contributed by atoms with Gasteiger partial charge in [0.2, 0.25) is 5.91 Å². The summed E-state index contributed by atoms with van der Waals surface area (Å²) in [6.07, 6.45) is 3.68. The van der Waals surface area contributed by atoms with Gasteiger partial charge in [0.15, 0.2) is 0 Å². The van der Waals surface area contributed by atoms with E-state index in [1.54, 1.807) is 6.20 Å². The average Bonchev–Trinajstić information content (AvgIpc) is 3.12. The lowest BCUT2D eigenvalue weighted by Crippen LogP contribution is -2.28. The lowest BCUT2D eigenvalue weighted by molar-refractivity contribution is -0.120. The van der Waals surface area contributed by atoms with Crippen LogP contribution in [0.15, 0.2) is 42.7 Å². The van der Waals surface area contributed by atoms with E-state index >= 15 is 0 Å². The van der Waals surface area contributed by atoms with Gasteiger partial charge >= 0.3 is 0 Å². The third kappa shape index (κ3) is 3.13. The Labute approximate surface area is 124 Å². The summed E-state index contributed by atoms with van der Waals surface area (Å²) in [6, 6.07) is 9.79. The van der Waals surface area contributed by atoms with Gasteiger partial charge in [-0.15, -0.1) is 0 Å². The van der Waals surface area contributed by atoms with Gasteiger partial charge in [-0.25, -0.2) is 0 Å². The minimum atomic E-state index is 0.0442. The fourth-order valence-corrected chi connectivity index (χ4v) is 2.74. The Hall–Kier alpha value is -2.14. The first-order valence-corrected chi connectivity index (χ1v) is 7.31. The zero-order chi connectivity index (χ0) is 14.7. The third-order valence-electron chi connectivity index (χ3n) is 4.02. The van der Waals surface area contributed by atoms with Gasteiger partial charge in [-0.1, -0.05) is 25.1 Å². The zero-order valence-electron chi connectivity index (χ0n) is 12.1. The molecule has 0 saturated carbocycles. The van der Waals surface area contributed by atoms with Gasteiger partial charge in [0.05, 0.1) is 12.5 Å². The first-order valence-electron chi connectivity index (χ1n) is 7.31. The number of nitrogens with zero attached hydrogens (tertiary/aromatic N) is 2. The molecule has 1 saturated heterocycles. The summed E-state index contributed by atoms with van der Waals surface area (Å²) in [6.45, 7) is 4.43. The van der Waals surface area contributed by atoms with Crippen molar-refractivity contribution in [3.05, 3.63) is 48.3 Å². The van der Waals surface area contributed by atoms with Crippen LogP contribution in [0.25, 0.3) is 0 Å². The SMILES string of the molecule is CC1CNCC1C(=O)Nc1ccccc1Cn1cccn1. The average molecular weight is 284 g/mol. The summed E-state index contributed by atoms with van der Waals surface area (Å²) >= 11 is 0. The van der Waals surface area contributed by atoms with Gasteiger partial charge in [-0.3, -0.25) is 9.48 Å². The number of carbonyl (C=O) groups is 1. The minimum absolute atomic E-state index is 0.0442. The number of amides is 1. The number of para-hydroxylation sites is 1. The van der Waals surface area contributed by atoms with E-state index < -0.39 is 0 Å². The van der Waals surface area contributed by atoms with Crippen molar-refractivity contribution in [2.75, 3.05) is 18.4 Å². The molecule has 0 spiro atoms. The molecule has 110 valence electrons. The van der Waals surface area contributed by atoms with E-state index in [4.69, 9.17) is 0 Å². The standard InChI is InChI=1S/C16H20N4O/c1-12-9-17-10-14(12)16(21)19-15-6-3-2-5-13(15)11-20-8-4-7-18-20/h2-8,12,14,17H,9-11H2,1H3,(H,19,21). The van der Waals surface area contributed by atoms with Crippen LogP contribution in [-0.2, 0) is 11.3 Å². The molecule has 1 amide bonds. The Bertz CT molecular complexity index is 608. The van der Waals surface area contributed by atoms with Gasteiger partial charge in [-0.05, 0) is 30.2 Å². The second kappa shape index (κ2) is 6.10. The maximum atomic E-state index is 12.4. The molecule has 1 aromatic heterocycles. The van der Waals surface area contributed by atoms with Crippen LogP contribution in [0.3, 0.4) is 0 Å². The maximum absolute atomic E-state index is 12.4. The Morgan fingerprint density at radius 2 is 2.24 bits per heavy atom. The van der Waals surface area contributed by atoms with E-state index in [0.717, 1.165) is 24.3 Å². The van der Waals surface area contributed by atoms with E-state index in [9.17, 15) is 4.79 Å². The number of hydrogen-bond acceptors (Lipinski definition) is 3. The van der Waals surface area contributed by atoms with E-state index in [1.807, 2.05) is 41.2 Å². The second-order valence-corrected chi connectivity index (χ2v) is 5.59. The quantitative estimate of drug-likeness (QED) is 0.899. The number of hydrogen-bond donors (Lipinski definition) is 2. The summed E-state index contributed by atoms with van der Waals surface area (Å²) in [4.78, 5) is 12.4. The van der Waals surface area contributed by atoms with Gasteiger partial charge < -0.3 is 10.6 Å². The predicted octanol–water partition coefficient (Wildman–Crippen LogP) is 1.73. The fraction of sp³-hybridized carbons (Fsp3) is 0.375. The topological polar surface area (TPSA) is 59.0 Å². The summed E-state index contributed by atoms with van der Waals surface area (Å²) in [5, 5.41) is 10.6. The highest BCUT2D eigenvalue weighted by molar-refractivity contribution is 5.93. The van der Waals surface area contributed by atoms with Crippen molar-refractivity contribution in [1.29, 1.82) is 0 Å². The zero-order valence-corrected chi connectivity index (χ0v) is 12.1. The van der Waals surface area contributed by atoms with Crippen LogP contribution >= 0.6 is 0 Å². The maximum Gasteiger partial charge on any atom is 0.229 e. The molecule has 1 aliphatic heterocycles. The van der Waals surface area contributed by atoms with Crippen LogP contribution in [0.5, 0.6) is 0 Å². The van der Waals surface area contributed by atoms with Crippen LogP contribution in [0.2, 0.25) is 0 Å². The van der Waals surface area contributed by atoms with E-state index in [1.165, 1.54) is 0 Å². The van der Waals surface area contributed by atoms with Gasteiger partial charge in [0.25, 0.3) is 0 Å². The van der Waals surface area contributed by atoms with Gasteiger partial charge in [-0.2, -0.15) is 5.10 Å². The molecule has 1 aromatic carbocycles. The molecule has 2 N–H and O–H groups in total. The monoisotopic (exact) mass is 284 g/mol. The molecule has 5 nitrogen and oxygen atoms in total. The largest absolute Gasteiger partial charge is 0.325 e. The predicted molar refractivity (Wildman–Crippen MR) is 81.9 cm³/mol. The van der Waals surface area contributed by atoms with Crippen molar-refractivity contribution in [1.82, 2.24) is 15.1 Å². The summed E-state index contributed by atoms with van der Waals surface area (Å²) in [5.41, 5.74) is 1.94. The minimum Gasteiger partial charge on any atom is -0.325 e.